The Morgan fingerprint density at radius 2 is 1.70 bits per heavy atom. The summed E-state index contributed by atoms with van der Waals surface area (Å²) in [5.74, 6) is 0. The van der Waals surface area contributed by atoms with E-state index >= 15 is 0 Å². The standard InChI is InChI=1S/C22H29N5O3/c1-17-8-9-19(24-21(28)23-18-6-4-3-5-7-18)16-20(17)25-22(29)26(2)10-11-27-12-14-30-15-13-27/h3-9,16H,10-15H2,1-2H3,(H,25,29)(H2,23,24,28). The van der Waals surface area contributed by atoms with Crippen molar-refractivity contribution in [3.8, 4) is 0 Å². The summed E-state index contributed by atoms with van der Waals surface area (Å²) in [6, 6.07) is 14.1. The van der Waals surface area contributed by atoms with E-state index in [-0.39, 0.29) is 12.1 Å². The monoisotopic (exact) mass is 411 g/mol. The number of carbonyl (C=O) groups excluding carboxylic acids is 2. The third-order valence-corrected chi connectivity index (χ3v) is 4.97. The number of para-hydroxylation sites is 1. The Labute approximate surface area is 177 Å². The molecule has 0 unspecified atom stereocenters. The molecule has 0 spiro atoms. The number of rotatable bonds is 6. The molecule has 8 nitrogen and oxygen atoms in total. The molecule has 160 valence electrons. The van der Waals surface area contributed by atoms with E-state index < -0.39 is 0 Å². The van der Waals surface area contributed by atoms with Gasteiger partial charge in [-0.3, -0.25) is 4.90 Å². The summed E-state index contributed by atoms with van der Waals surface area (Å²) in [5.41, 5.74) is 2.88. The first-order chi connectivity index (χ1) is 14.5. The Balaban J connectivity index is 1.53. The van der Waals surface area contributed by atoms with Gasteiger partial charge in [0.25, 0.3) is 0 Å². The minimum atomic E-state index is -0.343. The maximum atomic E-state index is 12.6. The first kappa shape index (κ1) is 21.6. The molecule has 0 saturated carbocycles. The normalized spacial score (nSPS) is 14.1. The fourth-order valence-corrected chi connectivity index (χ4v) is 3.08. The minimum Gasteiger partial charge on any atom is -0.379 e. The van der Waals surface area contributed by atoms with E-state index in [1.54, 1.807) is 24.1 Å². The number of benzene rings is 2. The highest BCUT2D eigenvalue weighted by atomic mass is 16.5. The Morgan fingerprint density at radius 3 is 2.43 bits per heavy atom. The molecule has 2 aromatic rings. The Morgan fingerprint density at radius 1 is 1.00 bits per heavy atom. The molecular formula is C22H29N5O3. The van der Waals surface area contributed by atoms with Gasteiger partial charge in [-0.25, -0.2) is 9.59 Å². The van der Waals surface area contributed by atoms with Gasteiger partial charge in [0.2, 0.25) is 0 Å². The third kappa shape index (κ3) is 6.47. The fraction of sp³-hybridized carbons (Fsp3) is 0.364. The van der Waals surface area contributed by atoms with Crippen LogP contribution in [0.2, 0.25) is 0 Å². The number of aryl methyl sites for hydroxylation is 1. The van der Waals surface area contributed by atoms with Gasteiger partial charge in [-0.15, -0.1) is 0 Å². The molecule has 0 bridgehead atoms. The highest BCUT2D eigenvalue weighted by Crippen LogP contribution is 2.21. The van der Waals surface area contributed by atoms with Crippen LogP contribution in [0.3, 0.4) is 0 Å². The smallest absolute Gasteiger partial charge is 0.323 e. The second-order valence-electron chi connectivity index (χ2n) is 7.28. The van der Waals surface area contributed by atoms with Crippen molar-refractivity contribution in [2.24, 2.45) is 0 Å². The van der Waals surface area contributed by atoms with Crippen LogP contribution in [0.15, 0.2) is 48.5 Å². The van der Waals surface area contributed by atoms with Crippen LogP contribution in [0.4, 0.5) is 26.7 Å². The van der Waals surface area contributed by atoms with Crippen LogP contribution < -0.4 is 16.0 Å². The van der Waals surface area contributed by atoms with Crippen LogP contribution in [0.1, 0.15) is 5.56 Å². The van der Waals surface area contributed by atoms with Crippen LogP contribution in [-0.4, -0.2) is 68.3 Å². The van der Waals surface area contributed by atoms with E-state index in [1.807, 2.05) is 43.3 Å². The lowest BCUT2D eigenvalue weighted by atomic mass is 10.2. The lowest BCUT2D eigenvalue weighted by Gasteiger charge is -2.28. The van der Waals surface area contributed by atoms with E-state index in [0.717, 1.165) is 38.4 Å². The van der Waals surface area contributed by atoms with Crippen molar-refractivity contribution in [2.45, 2.75) is 6.92 Å². The Kier molecular flexibility index (Phi) is 7.64. The molecule has 1 heterocycles. The average Bonchev–Trinajstić information content (AvgIpc) is 2.75. The fourth-order valence-electron chi connectivity index (χ4n) is 3.08. The number of carbonyl (C=O) groups is 2. The predicted molar refractivity (Wildman–Crippen MR) is 119 cm³/mol. The van der Waals surface area contributed by atoms with Crippen LogP contribution in [-0.2, 0) is 4.74 Å². The lowest BCUT2D eigenvalue weighted by molar-refractivity contribution is 0.0359. The summed E-state index contributed by atoms with van der Waals surface area (Å²) in [6.45, 7) is 6.63. The third-order valence-electron chi connectivity index (χ3n) is 4.97. The largest absolute Gasteiger partial charge is 0.379 e. The molecule has 0 aromatic heterocycles. The number of hydrogen-bond acceptors (Lipinski definition) is 4. The van der Waals surface area contributed by atoms with Crippen LogP contribution in [0, 0.1) is 6.92 Å². The van der Waals surface area contributed by atoms with Crippen molar-refractivity contribution in [2.75, 3.05) is 62.4 Å². The first-order valence-corrected chi connectivity index (χ1v) is 10.1. The summed E-state index contributed by atoms with van der Waals surface area (Å²) in [4.78, 5) is 28.7. The zero-order chi connectivity index (χ0) is 21.3. The molecule has 0 atom stereocenters. The summed E-state index contributed by atoms with van der Waals surface area (Å²) in [7, 11) is 1.78. The van der Waals surface area contributed by atoms with Gasteiger partial charge in [0.05, 0.1) is 13.2 Å². The number of hydrogen-bond donors (Lipinski definition) is 3. The SMILES string of the molecule is Cc1ccc(NC(=O)Nc2ccccc2)cc1NC(=O)N(C)CCN1CCOCC1. The number of morpholine rings is 1. The molecule has 8 heteroatoms. The van der Waals surface area contributed by atoms with Crippen molar-refractivity contribution >= 4 is 29.1 Å². The highest BCUT2D eigenvalue weighted by Gasteiger charge is 2.15. The van der Waals surface area contributed by atoms with Crippen molar-refractivity contribution in [1.82, 2.24) is 9.80 Å². The molecule has 0 radical (unpaired) electrons. The van der Waals surface area contributed by atoms with E-state index in [0.29, 0.717) is 23.6 Å². The molecule has 1 aliphatic heterocycles. The number of amides is 4. The van der Waals surface area contributed by atoms with Gasteiger partial charge in [0.15, 0.2) is 0 Å². The molecule has 4 amide bonds. The predicted octanol–water partition coefficient (Wildman–Crippen LogP) is 3.43. The molecule has 3 rings (SSSR count). The molecule has 1 aliphatic rings. The molecule has 2 aromatic carbocycles. The topological polar surface area (TPSA) is 85.9 Å². The zero-order valence-corrected chi connectivity index (χ0v) is 17.5. The average molecular weight is 412 g/mol. The lowest BCUT2D eigenvalue weighted by Crippen LogP contribution is -2.42. The summed E-state index contributed by atoms with van der Waals surface area (Å²) in [5, 5.41) is 8.50. The van der Waals surface area contributed by atoms with Gasteiger partial charge in [-0.2, -0.15) is 0 Å². The number of nitrogens with zero attached hydrogens (tertiary/aromatic N) is 2. The van der Waals surface area contributed by atoms with Crippen molar-refractivity contribution < 1.29 is 14.3 Å². The number of urea groups is 2. The minimum absolute atomic E-state index is 0.183. The Hall–Kier alpha value is -3.10. The molecule has 1 saturated heterocycles. The van der Waals surface area contributed by atoms with Gasteiger partial charge >= 0.3 is 12.1 Å². The van der Waals surface area contributed by atoms with Crippen molar-refractivity contribution in [1.29, 1.82) is 0 Å². The zero-order valence-electron chi connectivity index (χ0n) is 17.5. The molecular weight excluding hydrogens is 382 g/mol. The summed E-state index contributed by atoms with van der Waals surface area (Å²) >= 11 is 0. The van der Waals surface area contributed by atoms with Gasteiger partial charge in [0, 0.05) is 50.3 Å². The highest BCUT2D eigenvalue weighted by molar-refractivity contribution is 6.00. The second-order valence-corrected chi connectivity index (χ2v) is 7.28. The van der Waals surface area contributed by atoms with E-state index in [1.165, 1.54) is 0 Å². The summed E-state index contributed by atoms with van der Waals surface area (Å²) < 4.78 is 5.35. The van der Waals surface area contributed by atoms with Gasteiger partial charge in [0.1, 0.15) is 0 Å². The number of ether oxygens (including phenoxy) is 1. The quantitative estimate of drug-likeness (QED) is 0.680. The van der Waals surface area contributed by atoms with E-state index in [9.17, 15) is 9.59 Å². The first-order valence-electron chi connectivity index (χ1n) is 10.1. The van der Waals surface area contributed by atoms with Gasteiger partial charge < -0.3 is 25.6 Å². The number of nitrogens with one attached hydrogen (secondary N) is 3. The van der Waals surface area contributed by atoms with Crippen LogP contribution in [0.25, 0.3) is 0 Å². The molecule has 0 aliphatic carbocycles. The molecule has 3 N–H and O–H groups in total. The van der Waals surface area contributed by atoms with E-state index in [2.05, 4.69) is 20.9 Å². The molecule has 1 fully saturated rings. The molecule has 30 heavy (non-hydrogen) atoms. The van der Waals surface area contributed by atoms with Crippen LogP contribution >= 0.6 is 0 Å². The van der Waals surface area contributed by atoms with E-state index in [4.69, 9.17) is 4.74 Å². The van der Waals surface area contributed by atoms with Crippen molar-refractivity contribution in [3.05, 3.63) is 54.1 Å². The second kappa shape index (κ2) is 10.6. The Bertz CT molecular complexity index is 853. The number of anilines is 3. The summed E-state index contributed by atoms with van der Waals surface area (Å²) in [6.07, 6.45) is 0. The van der Waals surface area contributed by atoms with Gasteiger partial charge in [-0.1, -0.05) is 24.3 Å². The van der Waals surface area contributed by atoms with Crippen LogP contribution in [0.5, 0.6) is 0 Å². The maximum Gasteiger partial charge on any atom is 0.323 e. The number of likely N-dealkylation sites (N-methyl/N-ethyl adjacent to an activating group) is 1. The van der Waals surface area contributed by atoms with Crippen molar-refractivity contribution in [3.63, 3.8) is 0 Å². The van der Waals surface area contributed by atoms with Gasteiger partial charge in [-0.05, 0) is 36.8 Å². The maximum absolute atomic E-state index is 12.6.